The van der Waals surface area contributed by atoms with Crippen LogP contribution < -0.4 is 11.1 Å². The van der Waals surface area contributed by atoms with E-state index in [0.29, 0.717) is 9.21 Å². The first-order valence-electron chi connectivity index (χ1n) is 5.05. The Morgan fingerprint density at radius 2 is 2.11 bits per heavy atom. The van der Waals surface area contributed by atoms with Crippen LogP contribution in [0.2, 0.25) is 0 Å². The summed E-state index contributed by atoms with van der Waals surface area (Å²) >= 11 is 6.34. The quantitative estimate of drug-likeness (QED) is 0.543. The summed E-state index contributed by atoms with van der Waals surface area (Å²) in [6.45, 7) is 0. The number of carbonyl (C=O) groups excluding carboxylic acids is 1. The number of halogens is 2. The van der Waals surface area contributed by atoms with Crippen LogP contribution >= 0.6 is 31.9 Å². The normalized spacial score (nSPS) is 10.2. The first-order valence-corrected chi connectivity index (χ1v) is 6.64. The average molecular weight is 388 g/mol. The lowest BCUT2D eigenvalue weighted by Gasteiger charge is -2.08. The molecule has 2 rings (SSSR count). The molecule has 0 aliphatic rings. The highest BCUT2D eigenvalue weighted by Crippen LogP contribution is 2.23. The lowest BCUT2D eigenvalue weighted by molar-refractivity contribution is 0.102. The van der Waals surface area contributed by atoms with Gasteiger partial charge in [-0.05, 0) is 50.1 Å². The fraction of sp³-hybridized carbons (Fsp3) is 0. The fourth-order valence-electron chi connectivity index (χ4n) is 1.35. The van der Waals surface area contributed by atoms with Gasteiger partial charge in [-0.1, -0.05) is 0 Å². The summed E-state index contributed by atoms with van der Waals surface area (Å²) in [7, 11) is 0. The van der Waals surface area contributed by atoms with E-state index in [4.69, 9.17) is 5.73 Å². The molecule has 0 aliphatic carbocycles. The van der Waals surface area contributed by atoms with Gasteiger partial charge in [0.25, 0.3) is 5.91 Å². The molecule has 2 aromatic rings. The Morgan fingerprint density at radius 1 is 1.37 bits per heavy atom. The molecule has 8 heteroatoms. The van der Waals surface area contributed by atoms with Gasteiger partial charge < -0.3 is 16.2 Å². The van der Waals surface area contributed by atoms with Crippen LogP contribution in [0.3, 0.4) is 0 Å². The van der Waals surface area contributed by atoms with E-state index in [-0.39, 0.29) is 22.8 Å². The molecule has 1 aromatic heterocycles. The number of aromatic nitrogens is 2. The third-order valence-corrected chi connectivity index (χ3v) is 3.15. The van der Waals surface area contributed by atoms with Gasteiger partial charge in [0.05, 0.1) is 11.8 Å². The van der Waals surface area contributed by atoms with Gasteiger partial charge >= 0.3 is 0 Å². The van der Waals surface area contributed by atoms with Crippen molar-refractivity contribution in [3.63, 3.8) is 0 Å². The maximum Gasteiger partial charge on any atom is 0.259 e. The maximum absolute atomic E-state index is 12.0. The van der Waals surface area contributed by atoms with Crippen molar-refractivity contribution in [2.24, 2.45) is 0 Å². The number of anilines is 2. The zero-order valence-electron chi connectivity index (χ0n) is 9.39. The SMILES string of the molecule is Nc1ccc(O)cc1C(=O)Nc1ncc(Br)nc1Br. The van der Waals surface area contributed by atoms with Crippen LogP contribution in [0.25, 0.3) is 0 Å². The summed E-state index contributed by atoms with van der Waals surface area (Å²) in [6.07, 6.45) is 1.45. The highest BCUT2D eigenvalue weighted by molar-refractivity contribution is 9.11. The second-order valence-electron chi connectivity index (χ2n) is 3.56. The van der Waals surface area contributed by atoms with Crippen molar-refractivity contribution in [3.8, 4) is 5.75 Å². The minimum absolute atomic E-state index is 0.0414. The monoisotopic (exact) mass is 386 g/mol. The summed E-state index contributed by atoms with van der Waals surface area (Å²) in [5, 5.41) is 11.9. The van der Waals surface area contributed by atoms with E-state index in [9.17, 15) is 9.90 Å². The number of benzene rings is 1. The molecule has 0 spiro atoms. The molecular formula is C11H8Br2N4O2. The number of rotatable bonds is 2. The van der Waals surface area contributed by atoms with Crippen molar-refractivity contribution < 1.29 is 9.90 Å². The van der Waals surface area contributed by atoms with Crippen LogP contribution in [0, 0.1) is 0 Å². The largest absolute Gasteiger partial charge is 0.508 e. The molecule has 6 nitrogen and oxygen atoms in total. The summed E-state index contributed by atoms with van der Waals surface area (Å²) in [5.74, 6) is -0.262. The number of aromatic hydroxyl groups is 1. The van der Waals surface area contributed by atoms with Crippen LogP contribution in [0.4, 0.5) is 11.5 Å². The highest BCUT2D eigenvalue weighted by Gasteiger charge is 2.13. The number of carbonyl (C=O) groups is 1. The molecule has 0 aliphatic heterocycles. The van der Waals surface area contributed by atoms with Crippen LogP contribution in [-0.2, 0) is 0 Å². The Kier molecular flexibility index (Phi) is 4.01. The molecular weight excluding hydrogens is 380 g/mol. The van der Waals surface area contributed by atoms with Crippen LogP contribution in [0.15, 0.2) is 33.6 Å². The Bertz CT molecular complexity index is 649. The van der Waals surface area contributed by atoms with Crippen molar-refractivity contribution in [1.29, 1.82) is 0 Å². The van der Waals surface area contributed by atoms with E-state index in [1.807, 2.05) is 0 Å². The van der Waals surface area contributed by atoms with Gasteiger partial charge in [-0.2, -0.15) is 0 Å². The van der Waals surface area contributed by atoms with Gasteiger partial charge in [-0.25, -0.2) is 9.97 Å². The zero-order valence-corrected chi connectivity index (χ0v) is 12.6. The lowest BCUT2D eigenvalue weighted by atomic mass is 10.1. The molecule has 98 valence electrons. The molecule has 0 radical (unpaired) electrons. The molecule has 0 fully saturated rings. The Labute approximate surface area is 125 Å². The molecule has 0 saturated heterocycles. The number of nitrogens with two attached hydrogens (primary N) is 1. The van der Waals surface area contributed by atoms with E-state index in [1.54, 1.807) is 0 Å². The smallest absolute Gasteiger partial charge is 0.259 e. The Balaban J connectivity index is 2.28. The predicted octanol–water partition coefficient (Wildman–Crippen LogP) is 2.54. The fourth-order valence-corrected chi connectivity index (χ4v) is 2.26. The van der Waals surface area contributed by atoms with E-state index in [0.717, 1.165) is 0 Å². The number of nitrogen functional groups attached to an aromatic ring is 1. The molecule has 0 saturated carbocycles. The number of phenolic OH excluding ortho intramolecular Hbond substituents is 1. The summed E-state index contributed by atoms with van der Waals surface area (Å²) in [6, 6.07) is 4.14. The average Bonchev–Trinajstić information content (AvgIpc) is 2.35. The van der Waals surface area contributed by atoms with Crippen molar-refractivity contribution >= 4 is 49.3 Å². The van der Waals surface area contributed by atoms with Gasteiger partial charge in [-0.15, -0.1) is 0 Å². The van der Waals surface area contributed by atoms with E-state index in [2.05, 4.69) is 47.1 Å². The molecule has 19 heavy (non-hydrogen) atoms. The lowest BCUT2D eigenvalue weighted by Crippen LogP contribution is -2.15. The van der Waals surface area contributed by atoms with E-state index in [1.165, 1.54) is 24.4 Å². The topological polar surface area (TPSA) is 101 Å². The van der Waals surface area contributed by atoms with Crippen molar-refractivity contribution in [2.75, 3.05) is 11.1 Å². The third-order valence-electron chi connectivity index (χ3n) is 2.21. The molecule has 1 aromatic carbocycles. The number of nitrogens with zero attached hydrogens (tertiary/aromatic N) is 2. The summed E-state index contributed by atoms with van der Waals surface area (Å²) in [4.78, 5) is 20.1. The molecule has 1 amide bonds. The minimum atomic E-state index is -0.481. The first kappa shape index (κ1) is 13.8. The number of hydrogen-bond acceptors (Lipinski definition) is 5. The van der Waals surface area contributed by atoms with Gasteiger partial charge in [0.15, 0.2) is 5.82 Å². The third kappa shape index (κ3) is 3.21. The van der Waals surface area contributed by atoms with Crippen LogP contribution in [-0.4, -0.2) is 21.0 Å². The molecule has 1 heterocycles. The number of phenols is 1. The standard InChI is InChI=1S/C11H8Br2N4O2/c12-8-4-15-10(9(13)16-8)17-11(19)6-3-5(18)1-2-7(6)14/h1-4,18H,14H2,(H,15,17,19). The van der Waals surface area contributed by atoms with Gasteiger partial charge in [0.2, 0.25) is 0 Å². The number of nitrogens with one attached hydrogen (secondary N) is 1. The first-order chi connectivity index (χ1) is 8.97. The highest BCUT2D eigenvalue weighted by atomic mass is 79.9. The van der Waals surface area contributed by atoms with Gasteiger partial charge in [0, 0.05) is 5.69 Å². The van der Waals surface area contributed by atoms with Gasteiger partial charge in [0.1, 0.15) is 15.0 Å². The zero-order chi connectivity index (χ0) is 14.0. The van der Waals surface area contributed by atoms with E-state index < -0.39 is 5.91 Å². The van der Waals surface area contributed by atoms with Gasteiger partial charge in [-0.3, -0.25) is 4.79 Å². The maximum atomic E-state index is 12.0. The summed E-state index contributed by atoms with van der Waals surface area (Å²) < 4.78 is 0.920. The summed E-state index contributed by atoms with van der Waals surface area (Å²) in [5.41, 5.74) is 6.10. The number of amides is 1. The van der Waals surface area contributed by atoms with Crippen molar-refractivity contribution in [2.45, 2.75) is 0 Å². The Morgan fingerprint density at radius 3 is 2.79 bits per heavy atom. The second kappa shape index (κ2) is 5.54. The van der Waals surface area contributed by atoms with E-state index >= 15 is 0 Å². The van der Waals surface area contributed by atoms with Crippen LogP contribution in [0.5, 0.6) is 5.75 Å². The predicted molar refractivity (Wildman–Crippen MR) is 77.9 cm³/mol. The second-order valence-corrected chi connectivity index (χ2v) is 5.12. The van der Waals surface area contributed by atoms with Crippen molar-refractivity contribution in [3.05, 3.63) is 39.2 Å². The molecule has 0 unspecified atom stereocenters. The van der Waals surface area contributed by atoms with Crippen molar-refractivity contribution in [1.82, 2.24) is 9.97 Å². The Hall–Kier alpha value is -1.67. The minimum Gasteiger partial charge on any atom is -0.508 e. The number of hydrogen-bond donors (Lipinski definition) is 3. The molecule has 0 atom stereocenters. The molecule has 0 bridgehead atoms. The van der Waals surface area contributed by atoms with Crippen LogP contribution in [0.1, 0.15) is 10.4 Å². The molecule has 4 N–H and O–H groups in total.